The number of nitrogens with zero attached hydrogens (tertiary/aromatic N) is 1. The minimum absolute atomic E-state index is 0.525. The molecule has 0 saturated carbocycles. The number of aryl methyl sites for hydroxylation is 1. The Kier molecular flexibility index (Phi) is 6.31. The van der Waals surface area contributed by atoms with Gasteiger partial charge in [0.2, 0.25) is 0 Å². The number of carboxylic acids is 2. The molecule has 1 aliphatic carbocycles. The lowest BCUT2D eigenvalue weighted by Crippen LogP contribution is -2.25. The average molecular weight is 328 g/mol. The molecule has 1 heterocycles. The van der Waals surface area contributed by atoms with Crippen LogP contribution in [0.2, 0.25) is 0 Å². The molecule has 1 aliphatic heterocycles. The maximum absolute atomic E-state index is 9.55. The molecule has 1 unspecified atom stereocenters. The van der Waals surface area contributed by atoms with Gasteiger partial charge in [-0.3, -0.25) is 4.99 Å². The van der Waals surface area contributed by atoms with Crippen molar-refractivity contribution in [2.45, 2.75) is 25.3 Å². The van der Waals surface area contributed by atoms with Crippen LogP contribution in [0.5, 0.6) is 0 Å². The summed E-state index contributed by atoms with van der Waals surface area (Å²) in [5.74, 6) is -2.51. The molecule has 1 aromatic rings. The van der Waals surface area contributed by atoms with Gasteiger partial charge in [0.25, 0.3) is 0 Å². The van der Waals surface area contributed by atoms with Crippen molar-refractivity contribution >= 4 is 24.4 Å². The number of fused-ring (bicyclic) bond motifs is 1. The predicted molar refractivity (Wildman–Crippen MR) is 92.1 cm³/mol. The van der Waals surface area contributed by atoms with E-state index in [-0.39, 0.29) is 0 Å². The molecule has 0 bridgehead atoms. The van der Waals surface area contributed by atoms with E-state index in [1.165, 1.54) is 24.0 Å². The molecule has 0 radical (unpaired) electrons. The smallest absolute Gasteiger partial charge is 0.328 e. The average Bonchev–Trinajstić information content (AvgIpc) is 3.06. The normalized spacial score (nSPS) is 18.2. The summed E-state index contributed by atoms with van der Waals surface area (Å²) in [7, 11) is 0. The van der Waals surface area contributed by atoms with Gasteiger partial charge in [0.1, 0.15) is 0 Å². The summed E-state index contributed by atoms with van der Waals surface area (Å²) in [6, 6.07) is 9.22. The Labute approximate surface area is 140 Å². The number of carboxylic acid groups (broad SMARTS) is 2. The molecule has 126 valence electrons. The van der Waals surface area contributed by atoms with E-state index in [0.717, 1.165) is 13.0 Å². The van der Waals surface area contributed by atoms with Crippen LogP contribution in [0.3, 0.4) is 0 Å². The quantitative estimate of drug-likeness (QED) is 0.735. The number of aliphatic carboxylic acids is 2. The van der Waals surface area contributed by atoms with Crippen LogP contribution in [0.15, 0.2) is 47.0 Å². The van der Waals surface area contributed by atoms with Crippen LogP contribution in [0, 0.1) is 0 Å². The molecule has 3 rings (SSSR count). The first-order valence-electron chi connectivity index (χ1n) is 7.70. The summed E-state index contributed by atoms with van der Waals surface area (Å²) in [4.78, 5) is 23.3. The third-order valence-corrected chi connectivity index (χ3v) is 3.73. The Balaban J connectivity index is 0.000000224. The SMILES string of the molecule is C1=NCC(CC2=Cc3ccccc3CC2)N1.O=C(O)/C=C/C(=O)O. The molecule has 1 aromatic carbocycles. The first kappa shape index (κ1) is 17.5. The Morgan fingerprint density at radius 2 is 1.88 bits per heavy atom. The summed E-state index contributed by atoms with van der Waals surface area (Å²) in [5, 5.41) is 18.9. The topological polar surface area (TPSA) is 99.0 Å². The van der Waals surface area contributed by atoms with E-state index in [0.29, 0.717) is 18.2 Å². The molecule has 6 nitrogen and oxygen atoms in total. The van der Waals surface area contributed by atoms with Crippen molar-refractivity contribution in [1.82, 2.24) is 5.32 Å². The molecule has 0 fully saturated rings. The lowest BCUT2D eigenvalue weighted by atomic mass is 9.89. The second-order valence-corrected chi connectivity index (χ2v) is 5.57. The van der Waals surface area contributed by atoms with Gasteiger partial charge in [0.05, 0.1) is 18.9 Å². The van der Waals surface area contributed by atoms with Gasteiger partial charge in [-0.1, -0.05) is 35.9 Å². The van der Waals surface area contributed by atoms with Gasteiger partial charge in [-0.25, -0.2) is 9.59 Å². The van der Waals surface area contributed by atoms with E-state index in [1.807, 2.05) is 6.34 Å². The summed E-state index contributed by atoms with van der Waals surface area (Å²) in [5.41, 5.74) is 4.45. The van der Waals surface area contributed by atoms with Crippen LogP contribution in [0.4, 0.5) is 0 Å². The van der Waals surface area contributed by atoms with Gasteiger partial charge in [0, 0.05) is 12.2 Å². The van der Waals surface area contributed by atoms with Gasteiger partial charge in [-0.15, -0.1) is 0 Å². The second kappa shape index (κ2) is 8.67. The molecule has 24 heavy (non-hydrogen) atoms. The standard InChI is InChI=1S/C14H16N2.C4H4O4/c1-2-4-13-7-11(5-6-12(13)3-1)8-14-9-15-10-16-14;5-3(6)1-2-4(7)8/h1-4,7,10,14H,5-6,8-9H2,(H,15,16);1-2H,(H,5,6)(H,7,8)/b;2-1+. The molecular formula is C18H20N2O4. The summed E-state index contributed by atoms with van der Waals surface area (Å²) in [6.45, 7) is 0.930. The zero-order valence-electron chi connectivity index (χ0n) is 13.2. The Morgan fingerprint density at radius 1 is 1.17 bits per heavy atom. The summed E-state index contributed by atoms with van der Waals surface area (Å²) < 4.78 is 0. The van der Waals surface area contributed by atoms with Gasteiger partial charge in [0.15, 0.2) is 0 Å². The van der Waals surface area contributed by atoms with E-state index < -0.39 is 11.9 Å². The number of nitrogens with one attached hydrogen (secondary N) is 1. The minimum Gasteiger partial charge on any atom is -0.478 e. The van der Waals surface area contributed by atoms with Crippen molar-refractivity contribution in [1.29, 1.82) is 0 Å². The molecule has 1 atom stereocenters. The summed E-state index contributed by atoms with van der Waals surface area (Å²) >= 11 is 0. The van der Waals surface area contributed by atoms with Crippen LogP contribution in [0.25, 0.3) is 6.08 Å². The highest BCUT2D eigenvalue weighted by Crippen LogP contribution is 2.26. The van der Waals surface area contributed by atoms with Crippen LogP contribution < -0.4 is 5.32 Å². The highest BCUT2D eigenvalue weighted by Gasteiger charge is 2.15. The number of carbonyl (C=O) groups is 2. The molecule has 0 saturated heterocycles. The first-order valence-corrected chi connectivity index (χ1v) is 7.70. The first-order chi connectivity index (χ1) is 11.5. The number of hydrogen-bond donors (Lipinski definition) is 3. The third-order valence-electron chi connectivity index (χ3n) is 3.73. The van der Waals surface area contributed by atoms with Crippen molar-refractivity contribution in [2.75, 3.05) is 6.54 Å². The largest absolute Gasteiger partial charge is 0.478 e. The number of hydrogen-bond acceptors (Lipinski definition) is 4. The molecule has 0 amide bonds. The lowest BCUT2D eigenvalue weighted by molar-refractivity contribution is -0.134. The fraction of sp³-hybridized carbons (Fsp3) is 0.278. The van der Waals surface area contributed by atoms with Gasteiger partial charge in [-0.2, -0.15) is 0 Å². The molecule has 0 spiro atoms. The molecule has 3 N–H and O–H groups in total. The van der Waals surface area contributed by atoms with Gasteiger partial charge >= 0.3 is 11.9 Å². The highest BCUT2D eigenvalue weighted by atomic mass is 16.4. The summed E-state index contributed by atoms with van der Waals surface area (Å²) in [6.07, 6.45) is 8.84. The van der Waals surface area contributed by atoms with E-state index in [1.54, 1.807) is 5.57 Å². The van der Waals surface area contributed by atoms with Gasteiger partial charge < -0.3 is 15.5 Å². The highest BCUT2D eigenvalue weighted by molar-refractivity contribution is 5.89. The van der Waals surface area contributed by atoms with E-state index in [9.17, 15) is 9.59 Å². The van der Waals surface area contributed by atoms with Crippen LogP contribution in [0.1, 0.15) is 24.0 Å². The van der Waals surface area contributed by atoms with Crippen molar-refractivity contribution in [3.63, 3.8) is 0 Å². The minimum atomic E-state index is -1.26. The monoisotopic (exact) mass is 328 g/mol. The van der Waals surface area contributed by atoms with Gasteiger partial charge in [-0.05, 0) is 30.4 Å². The van der Waals surface area contributed by atoms with E-state index in [2.05, 4.69) is 40.7 Å². The maximum atomic E-state index is 9.55. The number of benzene rings is 1. The Bertz CT molecular complexity index is 668. The van der Waals surface area contributed by atoms with Crippen LogP contribution in [-0.4, -0.2) is 41.1 Å². The molecule has 0 aromatic heterocycles. The Morgan fingerprint density at radius 3 is 2.50 bits per heavy atom. The predicted octanol–water partition coefficient (Wildman–Crippen LogP) is 2.12. The van der Waals surface area contributed by atoms with Crippen molar-refractivity contribution in [2.24, 2.45) is 4.99 Å². The van der Waals surface area contributed by atoms with E-state index in [4.69, 9.17) is 10.2 Å². The molecular weight excluding hydrogens is 308 g/mol. The lowest BCUT2D eigenvalue weighted by Gasteiger charge is -2.18. The second-order valence-electron chi connectivity index (χ2n) is 5.57. The van der Waals surface area contributed by atoms with Crippen molar-refractivity contribution in [3.05, 3.63) is 53.1 Å². The fourth-order valence-corrected chi connectivity index (χ4v) is 2.62. The van der Waals surface area contributed by atoms with Crippen LogP contribution >= 0.6 is 0 Å². The maximum Gasteiger partial charge on any atom is 0.328 e. The van der Waals surface area contributed by atoms with E-state index >= 15 is 0 Å². The molecule has 2 aliphatic rings. The van der Waals surface area contributed by atoms with Crippen molar-refractivity contribution in [3.8, 4) is 0 Å². The fourth-order valence-electron chi connectivity index (χ4n) is 2.62. The number of aliphatic imine (C=N–C) groups is 1. The molecule has 6 heteroatoms. The number of rotatable bonds is 4. The zero-order valence-corrected chi connectivity index (χ0v) is 13.2. The zero-order chi connectivity index (χ0) is 17.4. The van der Waals surface area contributed by atoms with Crippen molar-refractivity contribution < 1.29 is 19.8 Å². The van der Waals surface area contributed by atoms with Crippen LogP contribution in [-0.2, 0) is 16.0 Å². The Hall–Kier alpha value is -2.89. The third kappa shape index (κ3) is 5.72.